The van der Waals surface area contributed by atoms with Crippen molar-refractivity contribution in [3.63, 3.8) is 0 Å². The summed E-state index contributed by atoms with van der Waals surface area (Å²) < 4.78 is 23.5. The van der Waals surface area contributed by atoms with E-state index in [9.17, 15) is 13.2 Å². The van der Waals surface area contributed by atoms with Crippen LogP contribution >= 0.6 is 0 Å². The molecule has 0 spiro atoms. The second-order valence-electron chi connectivity index (χ2n) is 4.03. The van der Waals surface area contributed by atoms with Gasteiger partial charge < -0.3 is 5.11 Å². The molecule has 1 aliphatic heterocycles. The highest BCUT2D eigenvalue weighted by Crippen LogP contribution is 2.35. The fourth-order valence-corrected chi connectivity index (χ4v) is 3.62. The predicted molar refractivity (Wildman–Crippen MR) is 63.2 cm³/mol. The molecule has 0 amide bonds. The van der Waals surface area contributed by atoms with Gasteiger partial charge in [-0.15, -0.1) is 0 Å². The smallest absolute Gasteiger partial charge is 0.303 e. The van der Waals surface area contributed by atoms with Crippen molar-refractivity contribution in [2.24, 2.45) is 0 Å². The Morgan fingerprint density at radius 2 is 2.06 bits per heavy atom. The number of benzene rings is 1. The van der Waals surface area contributed by atoms with Gasteiger partial charge in [0.25, 0.3) is 0 Å². The van der Waals surface area contributed by atoms with Crippen molar-refractivity contribution in [1.82, 2.24) is 0 Å². The highest BCUT2D eigenvalue weighted by molar-refractivity contribution is 7.95. The van der Waals surface area contributed by atoms with Crippen molar-refractivity contribution < 1.29 is 18.3 Å². The van der Waals surface area contributed by atoms with Crippen LogP contribution in [0.5, 0.6) is 0 Å². The standard InChI is InChI=1S/C12H12O4S/c1-8-7-17(15,16)10-4-2-3-9(12(8)10)5-6-11(13)14/h2-4,7H,5-6H2,1H3,(H,13,14). The minimum atomic E-state index is -3.33. The highest BCUT2D eigenvalue weighted by Gasteiger charge is 2.26. The molecular weight excluding hydrogens is 240 g/mol. The Bertz CT molecular complexity index is 611. The lowest BCUT2D eigenvalue weighted by Crippen LogP contribution is -2.01. The van der Waals surface area contributed by atoms with Crippen molar-refractivity contribution in [2.75, 3.05) is 0 Å². The summed E-state index contributed by atoms with van der Waals surface area (Å²) >= 11 is 0. The monoisotopic (exact) mass is 252 g/mol. The summed E-state index contributed by atoms with van der Waals surface area (Å²) in [5, 5.41) is 9.90. The number of sulfone groups is 1. The first kappa shape index (κ1) is 11.9. The van der Waals surface area contributed by atoms with E-state index in [1.54, 1.807) is 25.1 Å². The van der Waals surface area contributed by atoms with Crippen LogP contribution in [0.15, 0.2) is 28.5 Å². The number of aryl methyl sites for hydroxylation is 1. The molecule has 1 heterocycles. The van der Waals surface area contributed by atoms with E-state index >= 15 is 0 Å². The lowest BCUT2D eigenvalue weighted by molar-refractivity contribution is -0.136. The predicted octanol–water partition coefficient (Wildman–Crippen LogP) is 1.85. The SMILES string of the molecule is CC1=CS(=O)(=O)c2cccc(CCC(=O)O)c21. The van der Waals surface area contributed by atoms with Crippen molar-refractivity contribution in [1.29, 1.82) is 0 Å². The number of carboxylic acid groups (broad SMARTS) is 1. The van der Waals surface area contributed by atoms with Gasteiger partial charge in [0.15, 0.2) is 0 Å². The Morgan fingerprint density at radius 1 is 1.35 bits per heavy atom. The van der Waals surface area contributed by atoms with Crippen molar-refractivity contribution >= 4 is 21.4 Å². The van der Waals surface area contributed by atoms with Gasteiger partial charge in [-0.1, -0.05) is 12.1 Å². The number of fused-ring (bicyclic) bond motifs is 1. The van der Waals surface area contributed by atoms with Crippen LogP contribution in [0.4, 0.5) is 0 Å². The number of hydrogen-bond acceptors (Lipinski definition) is 3. The zero-order chi connectivity index (χ0) is 12.6. The van der Waals surface area contributed by atoms with Crippen molar-refractivity contribution in [3.8, 4) is 0 Å². The molecular formula is C12H12O4S. The molecule has 4 nitrogen and oxygen atoms in total. The molecule has 90 valence electrons. The summed E-state index contributed by atoms with van der Waals surface area (Å²) in [4.78, 5) is 10.8. The molecule has 1 aromatic carbocycles. The molecule has 0 bridgehead atoms. The van der Waals surface area contributed by atoms with Crippen LogP contribution in [-0.4, -0.2) is 19.5 Å². The molecule has 1 N–H and O–H groups in total. The van der Waals surface area contributed by atoms with Crippen LogP contribution in [0, 0.1) is 0 Å². The molecule has 0 fully saturated rings. The Kier molecular flexibility index (Phi) is 2.79. The first-order valence-corrected chi connectivity index (χ1v) is 6.74. The van der Waals surface area contributed by atoms with Gasteiger partial charge >= 0.3 is 5.97 Å². The molecule has 0 unspecified atom stereocenters. The second-order valence-corrected chi connectivity index (χ2v) is 5.80. The maximum absolute atomic E-state index is 11.8. The highest BCUT2D eigenvalue weighted by atomic mass is 32.2. The quantitative estimate of drug-likeness (QED) is 0.891. The molecule has 2 rings (SSSR count). The molecule has 0 aliphatic carbocycles. The largest absolute Gasteiger partial charge is 0.481 e. The Hall–Kier alpha value is -1.62. The van der Waals surface area contributed by atoms with E-state index in [1.165, 1.54) is 5.41 Å². The first-order chi connectivity index (χ1) is 7.92. The van der Waals surface area contributed by atoms with Gasteiger partial charge in [0.05, 0.1) is 4.90 Å². The van der Waals surface area contributed by atoms with E-state index in [4.69, 9.17) is 5.11 Å². The lowest BCUT2D eigenvalue weighted by atomic mass is 9.98. The van der Waals surface area contributed by atoms with Crippen molar-refractivity contribution in [3.05, 3.63) is 34.7 Å². The third-order valence-corrected chi connectivity index (χ3v) is 4.37. The molecule has 1 aromatic rings. The van der Waals surface area contributed by atoms with Gasteiger partial charge in [-0.05, 0) is 30.5 Å². The Balaban J connectivity index is 2.49. The fraction of sp³-hybridized carbons (Fsp3) is 0.250. The molecule has 0 saturated carbocycles. The number of aliphatic carboxylic acids is 1. The van der Waals surface area contributed by atoms with Crippen molar-refractivity contribution in [2.45, 2.75) is 24.7 Å². The number of hydrogen-bond donors (Lipinski definition) is 1. The van der Waals surface area contributed by atoms with Crippen LogP contribution < -0.4 is 0 Å². The van der Waals surface area contributed by atoms with Gasteiger partial charge in [-0.3, -0.25) is 4.79 Å². The molecule has 0 aromatic heterocycles. The molecule has 0 saturated heterocycles. The fourth-order valence-electron chi connectivity index (χ4n) is 2.07. The Labute approximate surface area is 99.5 Å². The van der Waals surface area contributed by atoms with E-state index in [2.05, 4.69) is 0 Å². The summed E-state index contributed by atoms with van der Waals surface area (Å²) in [7, 11) is -3.33. The number of rotatable bonds is 3. The minimum absolute atomic E-state index is 0.00375. The third kappa shape index (κ3) is 2.10. The van der Waals surface area contributed by atoms with Gasteiger partial charge in [0.2, 0.25) is 9.84 Å². The number of carbonyl (C=O) groups is 1. The zero-order valence-electron chi connectivity index (χ0n) is 9.30. The van der Waals surface area contributed by atoms with E-state index in [-0.39, 0.29) is 11.3 Å². The molecule has 0 radical (unpaired) electrons. The maximum atomic E-state index is 11.8. The number of allylic oxidation sites excluding steroid dienone is 1. The van der Waals surface area contributed by atoms with Gasteiger partial charge in [0, 0.05) is 17.4 Å². The summed E-state index contributed by atoms with van der Waals surface area (Å²) in [5.74, 6) is -0.884. The molecule has 17 heavy (non-hydrogen) atoms. The van der Waals surface area contributed by atoms with Crippen LogP contribution in [-0.2, 0) is 21.1 Å². The molecule has 1 aliphatic rings. The van der Waals surface area contributed by atoms with E-state index in [1.807, 2.05) is 0 Å². The van der Waals surface area contributed by atoms with Gasteiger partial charge in [0.1, 0.15) is 0 Å². The normalized spacial score (nSPS) is 16.4. The second kappa shape index (κ2) is 4.00. The average molecular weight is 252 g/mol. The van der Waals surface area contributed by atoms with E-state index < -0.39 is 15.8 Å². The molecule has 5 heteroatoms. The average Bonchev–Trinajstić information content (AvgIpc) is 2.47. The van der Waals surface area contributed by atoms with Crippen LogP contribution in [0.3, 0.4) is 0 Å². The lowest BCUT2D eigenvalue weighted by Gasteiger charge is -2.07. The van der Waals surface area contributed by atoms with Crippen LogP contribution in [0.1, 0.15) is 24.5 Å². The first-order valence-electron chi connectivity index (χ1n) is 5.19. The summed E-state index contributed by atoms with van der Waals surface area (Å²) in [6, 6.07) is 4.99. The van der Waals surface area contributed by atoms with Crippen LogP contribution in [0.25, 0.3) is 5.57 Å². The van der Waals surface area contributed by atoms with E-state index in [0.717, 1.165) is 5.56 Å². The summed E-state index contributed by atoms with van der Waals surface area (Å²) in [6.07, 6.45) is 0.350. The van der Waals surface area contributed by atoms with Crippen LogP contribution in [0.2, 0.25) is 0 Å². The Morgan fingerprint density at radius 3 is 2.71 bits per heavy atom. The summed E-state index contributed by atoms with van der Waals surface area (Å²) in [6.45, 7) is 1.73. The van der Waals surface area contributed by atoms with Gasteiger partial charge in [-0.2, -0.15) is 0 Å². The molecule has 0 atom stereocenters. The zero-order valence-corrected chi connectivity index (χ0v) is 10.1. The third-order valence-electron chi connectivity index (χ3n) is 2.75. The number of carboxylic acids is 1. The summed E-state index contributed by atoms with van der Waals surface area (Å²) in [5.41, 5.74) is 2.13. The maximum Gasteiger partial charge on any atom is 0.303 e. The van der Waals surface area contributed by atoms with Gasteiger partial charge in [-0.25, -0.2) is 8.42 Å². The minimum Gasteiger partial charge on any atom is -0.481 e. The topological polar surface area (TPSA) is 71.4 Å². The van der Waals surface area contributed by atoms with E-state index in [0.29, 0.717) is 17.6 Å².